The Morgan fingerprint density at radius 2 is 1.16 bits per heavy atom. The maximum Gasteiger partial charge on any atom is 0.494 e. The van der Waals surface area contributed by atoms with Crippen molar-refractivity contribution >= 4 is 35.1 Å². The fraction of sp³-hybridized carbons (Fsp3) is 0.176. The first-order chi connectivity index (χ1) is 18.3. The maximum absolute atomic E-state index is 6.31. The van der Waals surface area contributed by atoms with Gasteiger partial charge in [0, 0.05) is 15.2 Å². The molecular weight excluding hydrogens is 483 g/mol. The zero-order valence-electron chi connectivity index (χ0n) is 22.1. The summed E-state index contributed by atoms with van der Waals surface area (Å²) in [5.41, 5.74) is 7.75. The van der Waals surface area contributed by atoms with Gasteiger partial charge in [-0.3, -0.25) is 0 Å². The number of fused-ring (bicyclic) bond motifs is 2. The Morgan fingerprint density at radius 3 is 1.89 bits per heavy atom. The van der Waals surface area contributed by atoms with Gasteiger partial charge in [0.1, 0.15) is 0 Å². The summed E-state index contributed by atoms with van der Waals surface area (Å²) in [4.78, 5) is 2.64. The van der Waals surface area contributed by atoms with Crippen molar-refractivity contribution in [3.05, 3.63) is 103 Å². The van der Waals surface area contributed by atoms with E-state index in [2.05, 4.69) is 131 Å². The molecular formula is C34H29BO2S. The first-order valence-electron chi connectivity index (χ1n) is 13.2. The Hall–Kier alpha value is -3.31. The fourth-order valence-electron chi connectivity index (χ4n) is 5.47. The molecule has 2 aliphatic rings. The highest BCUT2D eigenvalue weighted by Crippen LogP contribution is 2.48. The molecule has 4 heteroatoms. The normalized spacial score (nSPS) is 17.0. The lowest BCUT2D eigenvalue weighted by Crippen LogP contribution is -2.41. The van der Waals surface area contributed by atoms with E-state index in [1.807, 2.05) is 11.8 Å². The molecule has 2 aliphatic heterocycles. The van der Waals surface area contributed by atoms with E-state index in [-0.39, 0.29) is 18.3 Å². The van der Waals surface area contributed by atoms with Gasteiger partial charge in [0.15, 0.2) is 0 Å². The first-order valence-corrected chi connectivity index (χ1v) is 14.0. The highest BCUT2D eigenvalue weighted by atomic mass is 32.2. The second kappa shape index (κ2) is 8.61. The van der Waals surface area contributed by atoms with Crippen molar-refractivity contribution in [3.8, 4) is 33.4 Å². The Kier molecular flexibility index (Phi) is 5.39. The summed E-state index contributed by atoms with van der Waals surface area (Å²) < 4.78 is 12.6. The van der Waals surface area contributed by atoms with Gasteiger partial charge in [-0.15, -0.1) is 0 Å². The largest absolute Gasteiger partial charge is 0.494 e. The first kappa shape index (κ1) is 23.8. The van der Waals surface area contributed by atoms with Gasteiger partial charge in [0.05, 0.1) is 11.2 Å². The Labute approximate surface area is 229 Å². The topological polar surface area (TPSA) is 18.5 Å². The summed E-state index contributed by atoms with van der Waals surface area (Å²) >= 11 is 1.87. The van der Waals surface area contributed by atoms with Crippen molar-refractivity contribution in [2.45, 2.75) is 48.7 Å². The van der Waals surface area contributed by atoms with E-state index < -0.39 is 0 Å². The van der Waals surface area contributed by atoms with Gasteiger partial charge >= 0.3 is 7.12 Å². The van der Waals surface area contributed by atoms with E-state index in [9.17, 15) is 0 Å². The molecule has 5 aromatic carbocycles. The molecule has 0 aromatic heterocycles. The summed E-state index contributed by atoms with van der Waals surface area (Å²) in [5, 5.41) is 2.67. The average molecular weight is 512 g/mol. The van der Waals surface area contributed by atoms with Crippen molar-refractivity contribution in [2.75, 3.05) is 0 Å². The molecule has 0 saturated carbocycles. The van der Waals surface area contributed by atoms with Crippen LogP contribution in [-0.2, 0) is 9.31 Å². The van der Waals surface area contributed by atoms with E-state index in [1.165, 1.54) is 48.4 Å². The Bertz CT molecular complexity index is 1700. The second-order valence-corrected chi connectivity index (χ2v) is 12.4. The number of rotatable bonds is 3. The summed E-state index contributed by atoms with van der Waals surface area (Å²) in [5.74, 6) is 0. The van der Waals surface area contributed by atoms with Crippen molar-refractivity contribution < 1.29 is 9.31 Å². The Balaban J connectivity index is 1.23. The van der Waals surface area contributed by atoms with E-state index in [0.29, 0.717) is 0 Å². The smallest absolute Gasteiger partial charge is 0.399 e. The molecule has 1 fully saturated rings. The molecule has 0 radical (unpaired) electrons. The molecule has 0 aliphatic carbocycles. The molecule has 2 nitrogen and oxygen atoms in total. The zero-order valence-corrected chi connectivity index (χ0v) is 22.9. The highest BCUT2D eigenvalue weighted by molar-refractivity contribution is 7.99. The van der Waals surface area contributed by atoms with E-state index in [1.54, 1.807) is 0 Å². The second-order valence-electron chi connectivity index (χ2n) is 11.3. The van der Waals surface area contributed by atoms with Crippen LogP contribution in [0.3, 0.4) is 0 Å². The van der Waals surface area contributed by atoms with Gasteiger partial charge in [-0.05, 0) is 90.1 Å². The average Bonchev–Trinajstić information content (AvgIpc) is 3.15. The minimum Gasteiger partial charge on any atom is -0.399 e. The standard InChI is InChI=1S/C34H29BO2S/c1-33(2)34(3,4)37-35(36-33)27-14-6-13-25(20-27)23-11-5-12-24(19-23)26-17-18-28-29-15-7-9-22-10-8-16-30(32(22)29)38-31(28)21-26/h5-21H,1-4H3. The number of hydrogen-bond acceptors (Lipinski definition) is 3. The number of benzene rings is 5. The quantitative estimate of drug-likeness (QED) is 0.221. The highest BCUT2D eigenvalue weighted by Gasteiger charge is 2.51. The summed E-state index contributed by atoms with van der Waals surface area (Å²) in [6.07, 6.45) is 0. The van der Waals surface area contributed by atoms with Crippen LogP contribution in [0.4, 0.5) is 0 Å². The van der Waals surface area contributed by atoms with Crippen LogP contribution in [0.25, 0.3) is 44.2 Å². The molecule has 0 N–H and O–H groups in total. The van der Waals surface area contributed by atoms with Crippen LogP contribution in [0.2, 0.25) is 0 Å². The lowest BCUT2D eigenvalue weighted by Gasteiger charge is -2.32. The Morgan fingerprint density at radius 1 is 0.553 bits per heavy atom. The molecule has 0 unspecified atom stereocenters. The summed E-state index contributed by atoms with van der Waals surface area (Å²) in [7, 11) is -0.367. The molecule has 0 spiro atoms. The van der Waals surface area contributed by atoms with E-state index in [4.69, 9.17) is 9.31 Å². The van der Waals surface area contributed by atoms with Gasteiger partial charge in [0.25, 0.3) is 0 Å². The minimum absolute atomic E-state index is 0.357. The third kappa shape index (κ3) is 3.82. The van der Waals surface area contributed by atoms with Crippen molar-refractivity contribution in [1.82, 2.24) is 0 Å². The minimum atomic E-state index is -0.367. The molecule has 0 bridgehead atoms. The van der Waals surface area contributed by atoms with Crippen molar-refractivity contribution in [1.29, 1.82) is 0 Å². The van der Waals surface area contributed by atoms with Crippen LogP contribution < -0.4 is 5.46 Å². The van der Waals surface area contributed by atoms with E-state index in [0.717, 1.165) is 11.0 Å². The van der Waals surface area contributed by atoms with Gasteiger partial charge in [-0.2, -0.15) is 0 Å². The molecule has 2 heterocycles. The van der Waals surface area contributed by atoms with Crippen molar-refractivity contribution in [3.63, 3.8) is 0 Å². The zero-order chi connectivity index (χ0) is 26.1. The summed E-state index contributed by atoms with van der Waals surface area (Å²) in [6, 6.07) is 37.4. The molecule has 0 atom stereocenters. The lowest BCUT2D eigenvalue weighted by atomic mass is 9.78. The predicted molar refractivity (Wildman–Crippen MR) is 160 cm³/mol. The summed E-state index contributed by atoms with van der Waals surface area (Å²) in [6.45, 7) is 8.37. The van der Waals surface area contributed by atoms with Crippen LogP contribution >= 0.6 is 11.8 Å². The van der Waals surface area contributed by atoms with Crippen molar-refractivity contribution in [2.24, 2.45) is 0 Å². The van der Waals surface area contributed by atoms with Gasteiger partial charge < -0.3 is 9.31 Å². The molecule has 38 heavy (non-hydrogen) atoms. The molecule has 1 saturated heterocycles. The molecule has 7 rings (SSSR count). The van der Waals surface area contributed by atoms with Crippen LogP contribution in [0, 0.1) is 0 Å². The SMILES string of the molecule is CC1(C)OB(c2cccc(-c3cccc(-c4ccc5c(c4)Sc4cccc6cccc-5c46)c3)c2)OC1(C)C. The monoisotopic (exact) mass is 512 g/mol. The van der Waals surface area contributed by atoms with Crippen LogP contribution in [0.5, 0.6) is 0 Å². The molecule has 186 valence electrons. The van der Waals surface area contributed by atoms with Crippen LogP contribution in [-0.4, -0.2) is 18.3 Å². The van der Waals surface area contributed by atoms with E-state index >= 15 is 0 Å². The third-order valence-corrected chi connectivity index (χ3v) is 9.42. The van der Waals surface area contributed by atoms with Crippen LogP contribution in [0.15, 0.2) is 113 Å². The van der Waals surface area contributed by atoms with Gasteiger partial charge in [-0.25, -0.2) is 0 Å². The lowest BCUT2D eigenvalue weighted by molar-refractivity contribution is 0.00578. The van der Waals surface area contributed by atoms with Gasteiger partial charge in [0.2, 0.25) is 0 Å². The third-order valence-electron chi connectivity index (χ3n) is 8.30. The van der Waals surface area contributed by atoms with Gasteiger partial charge in [-0.1, -0.05) is 96.7 Å². The fourth-order valence-corrected chi connectivity index (χ4v) is 6.65. The predicted octanol–water partition coefficient (Wildman–Crippen LogP) is 8.60. The number of hydrogen-bond donors (Lipinski definition) is 0. The van der Waals surface area contributed by atoms with Crippen LogP contribution in [0.1, 0.15) is 27.7 Å². The maximum atomic E-state index is 6.31. The molecule has 0 amide bonds. The molecule has 5 aromatic rings.